The molecule has 7 aromatic rings. The fourth-order valence-corrected chi connectivity index (χ4v) is 7.07. The summed E-state index contributed by atoms with van der Waals surface area (Å²) in [5, 5.41) is 51.9. The van der Waals surface area contributed by atoms with E-state index in [0.29, 0.717) is 72.3 Å². The van der Waals surface area contributed by atoms with Crippen LogP contribution in [0.1, 0.15) is 72.1 Å². The standard InChI is InChI=1S/C48H28N8O3/c49-25-29-1-9-33(10-2-29)45(37-17-18-38(53-37)46(40-21-24-44(57)56-40)34-11-3-30(26-50)4-12-34)39-19-22-42(54-39)48(59,36-15-7-32(28-52)8-16-36)43-23-20-41(55-43)47(58)35-13-5-31(27-51)6-14-35/h1-24,53-55,59H/b45-37-,46-38-. The Morgan fingerprint density at radius 1 is 0.508 bits per heavy atom. The second kappa shape index (κ2) is 15.3. The Kier molecular flexibility index (Phi) is 9.64. The molecule has 0 aliphatic carbocycles. The van der Waals surface area contributed by atoms with Gasteiger partial charge in [0.15, 0.2) is 5.60 Å². The Hall–Kier alpha value is -8.87. The van der Waals surface area contributed by atoms with Crippen molar-refractivity contribution in [1.82, 2.24) is 15.0 Å². The quantitative estimate of drug-likeness (QED) is 0.136. The van der Waals surface area contributed by atoms with E-state index in [1.54, 1.807) is 109 Å². The minimum Gasteiger partial charge on any atom is -0.373 e. The summed E-state index contributed by atoms with van der Waals surface area (Å²) in [5.41, 5.74) is 5.27. The number of carbonyl (C=O) groups excluding carboxylic acids is 2. The molecule has 11 nitrogen and oxygen atoms in total. The predicted molar refractivity (Wildman–Crippen MR) is 217 cm³/mol. The molecule has 1 amide bonds. The molecule has 0 saturated carbocycles. The Morgan fingerprint density at radius 3 is 1.44 bits per heavy atom. The lowest BCUT2D eigenvalue weighted by Gasteiger charge is -2.27. The highest BCUT2D eigenvalue weighted by atomic mass is 16.3. The Bertz CT molecular complexity index is 3170. The van der Waals surface area contributed by atoms with Gasteiger partial charge in [0.25, 0.3) is 5.91 Å². The summed E-state index contributed by atoms with van der Waals surface area (Å²) in [5.74, 6) is -0.723. The van der Waals surface area contributed by atoms with Gasteiger partial charge in [0.2, 0.25) is 5.78 Å². The molecule has 4 heterocycles. The first-order valence-electron chi connectivity index (χ1n) is 18.2. The number of rotatable bonds is 9. The molecule has 1 atom stereocenters. The van der Waals surface area contributed by atoms with Gasteiger partial charge in [0, 0.05) is 39.2 Å². The Morgan fingerprint density at radius 2 is 0.949 bits per heavy atom. The summed E-state index contributed by atoms with van der Waals surface area (Å²) in [7, 11) is 0. The van der Waals surface area contributed by atoms with Crippen molar-refractivity contribution in [3.63, 3.8) is 0 Å². The molecule has 278 valence electrons. The number of aliphatic imine (C=N–C) groups is 1. The van der Waals surface area contributed by atoms with E-state index in [0.717, 1.165) is 11.1 Å². The minimum absolute atomic E-state index is 0.213. The lowest BCUT2D eigenvalue weighted by molar-refractivity contribution is -0.113. The zero-order valence-electron chi connectivity index (χ0n) is 30.9. The van der Waals surface area contributed by atoms with E-state index in [1.165, 1.54) is 6.08 Å². The van der Waals surface area contributed by atoms with Crippen LogP contribution in [0.2, 0.25) is 0 Å². The van der Waals surface area contributed by atoms with E-state index in [2.05, 4.69) is 38.2 Å². The summed E-state index contributed by atoms with van der Waals surface area (Å²) in [6, 6.07) is 45.8. The molecule has 1 unspecified atom stereocenters. The number of hydrogen-bond donors (Lipinski definition) is 4. The molecular formula is C48H28N8O3. The largest absolute Gasteiger partial charge is 0.373 e. The number of carbonyl (C=O) groups is 2. The summed E-state index contributed by atoms with van der Waals surface area (Å²) in [6.45, 7) is 0. The smallest absolute Gasteiger partial charge is 0.270 e. The number of benzene rings is 4. The van der Waals surface area contributed by atoms with Crippen LogP contribution in [0.5, 0.6) is 0 Å². The van der Waals surface area contributed by atoms with Gasteiger partial charge >= 0.3 is 0 Å². The summed E-state index contributed by atoms with van der Waals surface area (Å²) in [4.78, 5) is 40.1. The average Bonchev–Trinajstić information content (AvgIpc) is 4.14. The molecule has 3 aromatic heterocycles. The fourth-order valence-electron chi connectivity index (χ4n) is 7.07. The summed E-state index contributed by atoms with van der Waals surface area (Å²) < 4.78 is 0. The van der Waals surface area contributed by atoms with E-state index in [1.807, 2.05) is 36.4 Å². The van der Waals surface area contributed by atoms with E-state index in [9.17, 15) is 35.7 Å². The molecule has 1 aliphatic heterocycles. The minimum atomic E-state index is -1.89. The average molecular weight is 765 g/mol. The number of aliphatic hydroxyl groups is 1. The third-order valence-corrected chi connectivity index (χ3v) is 10.1. The van der Waals surface area contributed by atoms with Gasteiger partial charge in [-0.2, -0.15) is 21.0 Å². The van der Waals surface area contributed by atoms with Crippen molar-refractivity contribution in [3.8, 4) is 24.3 Å². The van der Waals surface area contributed by atoms with Gasteiger partial charge < -0.3 is 20.1 Å². The van der Waals surface area contributed by atoms with Crippen molar-refractivity contribution in [2.75, 3.05) is 0 Å². The SMILES string of the molecule is N#Cc1ccc(C(=O)c2ccc(C(O)(c3ccc(C#N)cc3)c3ccc(/C(c4ccc(C#N)cc4)=c4/cc/c(=C(/C5=NC(=O)C=C5)c5ccc(C#N)cc5)[nH]4)[nH]3)[nH]2)cc1. The van der Waals surface area contributed by atoms with Gasteiger partial charge in [-0.25, -0.2) is 4.99 Å². The van der Waals surface area contributed by atoms with Gasteiger partial charge in [0.1, 0.15) is 0 Å². The molecule has 1 aliphatic rings. The van der Waals surface area contributed by atoms with Gasteiger partial charge in [-0.05, 0) is 120 Å². The van der Waals surface area contributed by atoms with E-state index in [-0.39, 0.29) is 23.1 Å². The Labute approximate surface area is 336 Å². The molecule has 11 heteroatoms. The van der Waals surface area contributed by atoms with E-state index >= 15 is 0 Å². The van der Waals surface area contributed by atoms with E-state index in [4.69, 9.17) is 0 Å². The third kappa shape index (κ3) is 6.97. The zero-order valence-corrected chi connectivity index (χ0v) is 30.9. The summed E-state index contributed by atoms with van der Waals surface area (Å²) >= 11 is 0. The Balaban J connectivity index is 1.31. The van der Waals surface area contributed by atoms with E-state index < -0.39 is 5.60 Å². The number of H-pyrrole nitrogens is 3. The number of aromatic amines is 3. The van der Waals surface area contributed by atoms with Crippen molar-refractivity contribution >= 4 is 28.5 Å². The number of aromatic nitrogens is 3. The van der Waals surface area contributed by atoms with Gasteiger partial charge in [-0.3, -0.25) is 9.59 Å². The fraction of sp³-hybridized carbons (Fsp3) is 0.0208. The second-order valence-corrected chi connectivity index (χ2v) is 13.6. The molecule has 59 heavy (non-hydrogen) atoms. The van der Waals surface area contributed by atoms with Crippen LogP contribution in [0, 0.1) is 45.3 Å². The first kappa shape index (κ1) is 37.1. The molecule has 0 bridgehead atoms. The number of allylic oxidation sites excluding steroid dienone is 1. The lowest BCUT2D eigenvalue weighted by atomic mass is 9.87. The number of nitrogens with zero attached hydrogens (tertiary/aromatic N) is 5. The topological polar surface area (TPSA) is 209 Å². The lowest BCUT2D eigenvalue weighted by Crippen LogP contribution is -2.30. The second-order valence-electron chi connectivity index (χ2n) is 13.6. The van der Waals surface area contributed by atoms with Crippen LogP contribution in [0.15, 0.2) is 151 Å². The highest BCUT2D eigenvalue weighted by Crippen LogP contribution is 2.37. The van der Waals surface area contributed by atoms with Crippen molar-refractivity contribution in [2.24, 2.45) is 4.99 Å². The van der Waals surface area contributed by atoms with Gasteiger partial charge in [-0.1, -0.05) is 36.4 Å². The molecule has 0 radical (unpaired) electrons. The maximum atomic E-state index is 13.6. The maximum absolute atomic E-state index is 13.6. The van der Waals surface area contributed by atoms with Crippen LogP contribution in [0.4, 0.5) is 0 Å². The monoisotopic (exact) mass is 764 g/mol. The number of nitrogens with one attached hydrogen (secondary N) is 3. The third-order valence-electron chi connectivity index (χ3n) is 10.1. The molecular weight excluding hydrogens is 737 g/mol. The van der Waals surface area contributed by atoms with Crippen LogP contribution in [0.25, 0.3) is 11.1 Å². The molecule has 4 N–H and O–H groups in total. The van der Waals surface area contributed by atoms with Crippen molar-refractivity contribution in [3.05, 3.63) is 224 Å². The highest BCUT2D eigenvalue weighted by molar-refractivity contribution is 6.34. The molecule has 0 saturated heterocycles. The van der Waals surface area contributed by atoms with Crippen LogP contribution >= 0.6 is 0 Å². The number of nitriles is 4. The van der Waals surface area contributed by atoms with Crippen molar-refractivity contribution in [2.45, 2.75) is 5.60 Å². The van der Waals surface area contributed by atoms with Crippen LogP contribution in [-0.4, -0.2) is 37.5 Å². The first-order chi connectivity index (χ1) is 28.7. The number of amides is 1. The van der Waals surface area contributed by atoms with Gasteiger partial charge in [-0.15, -0.1) is 0 Å². The van der Waals surface area contributed by atoms with Crippen LogP contribution < -0.4 is 10.7 Å². The zero-order chi connectivity index (χ0) is 41.1. The maximum Gasteiger partial charge on any atom is 0.270 e. The molecule has 8 rings (SSSR count). The van der Waals surface area contributed by atoms with Crippen molar-refractivity contribution < 1.29 is 14.7 Å². The number of ketones is 1. The normalized spacial score (nSPS) is 13.9. The molecule has 0 spiro atoms. The first-order valence-corrected chi connectivity index (χ1v) is 18.2. The molecule has 0 fully saturated rings. The molecule has 4 aromatic carbocycles. The highest BCUT2D eigenvalue weighted by Gasteiger charge is 2.37. The van der Waals surface area contributed by atoms with Crippen molar-refractivity contribution in [1.29, 1.82) is 21.0 Å². The number of hydrogen-bond acceptors (Lipinski definition) is 7. The van der Waals surface area contributed by atoms with Crippen LogP contribution in [-0.2, 0) is 10.4 Å². The van der Waals surface area contributed by atoms with Crippen LogP contribution in [0.3, 0.4) is 0 Å². The van der Waals surface area contributed by atoms with Gasteiger partial charge in [0.05, 0.1) is 69.3 Å². The predicted octanol–water partition coefficient (Wildman–Crippen LogP) is 5.66. The summed E-state index contributed by atoms with van der Waals surface area (Å²) in [6.07, 6.45) is 3.04.